The van der Waals surface area contributed by atoms with Crippen molar-refractivity contribution in [3.63, 3.8) is 0 Å². The number of halogens is 2. The fraction of sp³-hybridized carbons (Fsp3) is 0.375. The first-order valence-corrected chi connectivity index (χ1v) is 8.90. The zero-order valence-corrected chi connectivity index (χ0v) is 18.3. The van der Waals surface area contributed by atoms with Gasteiger partial charge in [-0.25, -0.2) is 9.98 Å². The second kappa shape index (κ2) is 10.2. The van der Waals surface area contributed by atoms with E-state index in [4.69, 9.17) is 4.99 Å². The smallest absolute Gasteiger partial charge is 0.194 e. The summed E-state index contributed by atoms with van der Waals surface area (Å²) in [6.45, 7) is 6.45. The molecule has 0 aliphatic rings. The summed E-state index contributed by atoms with van der Waals surface area (Å²) >= 11 is 5.12. The molecule has 0 aliphatic heterocycles. The van der Waals surface area contributed by atoms with Crippen LogP contribution in [0.15, 0.2) is 39.2 Å². The van der Waals surface area contributed by atoms with E-state index in [1.807, 2.05) is 12.4 Å². The van der Waals surface area contributed by atoms with Crippen molar-refractivity contribution in [1.82, 2.24) is 15.2 Å². The van der Waals surface area contributed by atoms with Crippen molar-refractivity contribution in [3.8, 4) is 0 Å². The summed E-state index contributed by atoms with van der Waals surface area (Å²) in [5.41, 5.74) is 4.20. The van der Waals surface area contributed by atoms with Crippen molar-refractivity contribution < 1.29 is 0 Å². The van der Waals surface area contributed by atoms with E-state index in [1.54, 1.807) is 11.3 Å². The van der Waals surface area contributed by atoms with Gasteiger partial charge in [0.25, 0.3) is 0 Å². The van der Waals surface area contributed by atoms with Crippen LogP contribution in [0.2, 0.25) is 0 Å². The molecule has 0 bridgehead atoms. The van der Waals surface area contributed by atoms with Crippen LogP contribution in [0, 0.1) is 6.92 Å². The number of aromatic nitrogens is 1. The lowest BCUT2D eigenvalue weighted by Gasteiger charge is -2.22. The highest BCUT2D eigenvalue weighted by Crippen LogP contribution is 2.14. The second-order valence-corrected chi connectivity index (χ2v) is 6.87. The number of aryl methyl sites for hydroxylation is 1. The maximum absolute atomic E-state index is 4.72. The van der Waals surface area contributed by atoms with Crippen LogP contribution in [0.3, 0.4) is 0 Å². The number of nitrogens with zero attached hydrogens (tertiary/aromatic N) is 3. The topological polar surface area (TPSA) is 40.5 Å². The van der Waals surface area contributed by atoms with E-state index in [0.717, 1.165) is 29.2 Å². The van der Waals surface area contributed by atoms with Crippen molar-refractivity contribution in [2.24, 2.45) is 4.99 Å². The molecular formula is C16H22BrIN4S. The average molecular weight is 509 g/mol. The molecule has 0 fully saturated rings. The van der Waals surface area contributed by atoms with Gasteiger partial charge in [-0.2, -0.15) is 0 Å². The summed E-state index contributed by atoms with van der Waals surface area (Å²) in [4.78, 5) is 12.4. The fourth-order valence-electron chi connectivity index (χ4n) is 2.03. The third kappa shape index (κ3) is 6.39. The van der Waals surface area contributed by atoms with Gasteiger partial charge < -0.3 is 10.2 Å². The lowest BCUT2D eigenvalue weighted by molar-refractivity contribution is 0.477. The summed E-state index contributed by atoms with van der Waals surface area (Å²) in [5.74, 6) is 0.915. The second-order valence-electron chi connectivity index (χ2n) is 5.01. The third-order valence-corrected chi connectivity index (χ3v) is 4.70. The van der Waals surface area contributed by atoms with E-state index in [0.29, 0.717) is 6.54 Å². The molecule has 0 radical (unpaired) electrons. The van der Waals surface area contributed by atoms with Crippen molar-refractivity contribution >= 4 is 57.2 Å². The number of thiazole rings is 1. The van der Waals surface area contributed by atoms with Crippen molar-refractivity contribution in [3.05, 3.63) is 50.4 Å². The first-order chi connectivity index (χ1) is 10.6. The first-order valence-electron chi connectivity index (χ1n) is 7.23. The Balaban J connectivity index is 0.00000264. The van der Waals surface area contributed by atoms with Crippen LogP contribution < -0.4 is 5.32 Å². The summed E-state index contributed by atoms with van der Waals surface area (Å²) in [7, 11) is 2.06. The van der Waals surface area contributed by atoms with Gasteiger partial charge in [0.1, 0.15) is 0 Å². The van der Waals surface area contributed by atoms with Crippen LogP contribution in [-0.2, 0) is 13.1 Å². The summed E-state index contributed by atoms with van der Waals surface area (Å²) < 4.78 is 1.10. The predicted octanol–water partition coefficient (Wildman–Crippen LogP) is 4.43. The van der Waals surface area contributed by atoms with Crippen LogP contribution in [-0.4, -0.2) is 29.4 Å². The van der Waals surface area contributed by atoms with Crippen LogP contribution in [0.5, 0.6) is 0 Å². The average Bonchev–Trinajstić information content (AvgIpc) is 2.91. The molecule has 0 saturated heterocycles. The third-order valence-electron chi connectivity index (χ3n) is 3.25. The molecule has 0 atom stereocenters. The summed E-state index contributed by atoms with van der Waals surface area (Å²) in [6, 6.07) is 8.37. The molecule has 0 spiro atoms. The molecule has 1 aromatic carbocycles. The number of rotatable bonds is 5. The Labute approximate surface area is 167 Å². The molecule has 1 heterocycles. The maximum Gasteiger partial charge on any atom is 0.194 e. The van der Waals surface area contributed by atoms with Gasteiger partial charge in [0.05, 0.1) is 17.7 Å². The minimum absolute atomic E-state index is 0. The van der Waals surface area contributed by atoms with Gasteiger partial charge in [-0.1, -0.05) is 28.1 Å². The van der Waals surface area contributed by atoms with E-state index in [2.05, 4.69) is 69.4 Å². The number of hydrogen-bond acceptors (Lipinski definition) is 3. The van der Waals surface area contributed by atoms with Crippen LogP contribution in [0.1, 0.15) is 23.1 Å². The van der Waals surface area contributed by atoms with Gasteiger partial charge in [-0.05, 0) is 31.5 Å². The number of nitrogens with one attached hydrogen (secondary N) is 1. The van der Waals surface area contributed by atoms with E-state index in [-0.39, 0.29) is 24.0 Å². The molecule has 1 aromatic heterocycles. The summed E-state index contributed by atoms with van der Waals surface area (Å²) in [6.07, 6.45) is 0. The van der Waals surface area contributed by atoms with Gasteiger partial charge in [0, 0.05) is 29.5 Å². The Morgan fingerprint density at radius 2 is 2.04 bits per heavy atom. The molecule has 4 nitrogen and oxygen atoms in total. The molecular weight excluding hydrogens is 487 g/mol. The Morgan fingerprint density at radius 1 is 1.35 bits per heavy atom. The number of benzene rings is 1. The Kier molecular flexibility index (Phi) is 9.08. The Morgan fingerprint density at radius 3 is 2.61 bits per heavy atom. The SMILES string of the molecule is CCNC(=NCc1scnc1C)N(C)Cc1ccc(Br)cc1.I. The number of guanidine groups is 1. The predicted molar refractivity (Wildman–Crippen MR) is 113 cm³/mol. The molecule has 0 unspecified atom stereocenters. The Hall–Kier alpha value is -0.670. The van der Waals surface area contributed by atoms with Crippen molar-refractivity contribution in [1.29, 1.82) is 0 Å². The van der Waals surface area contributed by atoms with E-state index in [9.17, 15) is 0 Å². The minimum Gasteiger partial charge on any atom is -0.357 e. The van der Waals surface area contributed by atoms with Crippen molar-refractivity contribution in [2.75, 3.05) is 13.6 Å². The van der Waals surface area contributed by atoms with Crippen molar-refractivity contribution in [2.45, 2.75) is 26.9 Å². The molecule has 23 heavy (non-hydrogen) atoms. The monoisotopic (exact) mass is 508 g/mol. The van der Waals surface area contributed by atoms with Gasteiger partial charge >= 0.3 is 0 Å². The van der Waals surface area contributed by atoms with E-state index in [1.165, 1.54) is 10.4 Å². The number of hydrogen-bond donors (Lipinski definition) is 1. The van der Waals surface area contributed by atoms with Crippen LogP contribution in [0.4, 0.5) is 0 Å². The molecule has 7 heteroatoms. The Bertz CT molecular complexity index is 627. The van der Waals surface area contributed by atoms with Gasteiger partial charge in [0.2, 0.25) is 0 Å². The van der Waals surface area contributed by atoms with E-state index >= 15 is 0 Å². The van der Waals surface area contributed by atoms with Crippen LogP contribution >= 0.6 is 51.2 Å². The highest BCUT2D eigenvalue weighted by atomic mass is 127. The van der Waals surface area contributed by atoms with Crippen LogP contribution in [0.25, 0.3) is 0 Å². The standard InChI is InChI=1S/C16H21BrN4S.HI/c1-4-18-16(19-9-15-12(2)20-11-22-15)21(3)10-13-5-7-14(17)8-6-13;/h5-8,11H,4,9-10H2,1-3H3,(H,18,19);1H. The quantitative estimate of drug-likeness (QED) is 0.369. The zero-order valence-electron chi connectivity index (χ0n) is 13.5. The van der Waals surface area contributed by atoms with E-state index < -0.39 is 0 Å². The maximum atomic E-state index is 4.72. The highest BCUT2D eigenvalue weighted by molar-refractivity contribution is 14.0. The number of aliphatic imine (C=N–C) groups is 1. The zero-order chi connectivity index (χ0) is 15.9. The highest BCUT2D eigenvalue weighted by Gasteiger charge is 2.07. The molecule has 0 saturated carbocycles. The molecule has 126 valence electrons. The lowest BCUT2D eigenvalue weighted by Crippen LogP contribution is -2.38. The molecule has 2 rings (SSSR count). The first kappa shape index (κ1) is 20.4. The molecule has 0 amide bonds. The summed E-state index contributed by atoms with van der Waals surface area (Å²) in [5, 5.41) is 3.35. The normalized spacial score (nSPS) is 11.0. The molecule has 2 aromatic rings. The van der Waals surface area contributed by atoms with Gasteiger partial charge in [-0.15, -0.1) is 35.3 Å². The minimum atomic E-state index is 0. The van der Waals surface area contributed by atoms with Gasteiger partial charge in [-0.3, -0.25) is 0 Å². The molecule has 0 aliphatic carbocycles. The van der Waals surface area contributed by atoms with Gasteiger partial charge in [0.15, 0.2) is 5.96 Å². The fourth-order valence-corrected chi connectivity index (χ4v) is 3.00. The largest absolute Gasteiger partial charge is 0.357 e. The lowest BCUT2D eigenvalue weighted by atomic mass is 10.2. The molecule has 1 N–H and O–H groups in total.